The number of halogens is 1. The number of hydrogen-bond acceptors (Lipinski definition) is 7. The average molecular weight is 741 g/mol. The van der Waals surface area contributed by atoms with Crippen LogP contribution in [0, 0.1) is 5.92 Å². The molecule has 6 rings (SSSR count). The van der Waals surface area contributed by atoms with Crippen LogP contribution >= 0.6 is 23.4 Å². The van der Waals surface area contributed by atoms with Gasteiger partial charge < -0.3 is 24.6 Å². The van der Waals surface area contributed by atoms with Crippen LogP contribution in [-0.2, 0) is 29.1 Å². The summed E-state index contributed by atoms with van der Waals surface area (Å²) in [6, 6.07) is 31.7. The first-order valence-corrected chi connectivity index (χ1v) is 19.8. The van der Waals surface area contributed by atoms with Gasteiger partial charge in [-0.15, -0.1) is 11.8 Å². The Bertz CT molecular complexity index is 1740. The van der Waals surface area contributed by atoms with Crippen LogP contribution in [0.2, 0.25) is 5.02 Å². The maximum Gasteiger partial charge on any atom is 0.408 e. The highest BCUT2D eigenvalue weighted by atomic mass is 35.5. The zero-order valence-corrected chi connectivity index (χ0v) is 31.7. The molecule has 274 valence electrons. The van der Waals surface area contributed by atoms with Gasteiger partial charge in [-0.25, -0.2) is 4.79 Å². The van der Waals surface area contributed by atoms with Gasteiger partial charge in [-0.2, -0.15) is 0 Å². The second-order valence-corrected chi connectivity index (χ2v) is 14.8. The number of methoxy groups -OCH3 is 1. The summed E-state index contributed by atoms with van der Waals surface area (Å²) >= 11 is 8.16. The van der Waals surface area contributed by atoms with Crippen LogP contribution in [0.3, 0.4) is 0 Å². The van der Waals surface area contributed by atoms with Gasteiger partial charge in [0, 0.05) is 54.8 Å². The van der Waals surface area contributed by atoms with E-state index in [0.717, 1.165) is 74.9 Å². The lowest BCUT2D eigenvalue weighted by atomic mass is 9.88. The summed E-state index contributed by atoms with van der Waals surface area (Å²) in [5.74, 6) is 0.872. The molecule has 2 aliphatic heterocycles. The van der Waals surface area contributed by atoms with Crippen molar-refractivity contribution < 1.29 is 19.1 Å². The lowest BCUT2D eigenvalue weighted by Crippen LogP contribution is -2.58. The van der Waals surface area contributed by atoms with Gasteiger partial charge in [-0.3, -0.25) is 9.69 Å². The fraction of sp³-hybridized carbons (Fsp3) is 0.381. The molecular formula is C42H49ClN4O4S. The number of thioether (sulfide) groups is 1. The van der Waals surface area contributed by atoms with E-state index in [2.05, 4.69) is 63.8 Å². The molecule has 2 aliphatic rings. The summed E-state index contributed by atoms with van der Waals surface area (Å²) in [5, 5.41) is 3.76. The summed E-state index contributed by atoms with van der Waals surface area (Å²) in [6.07, 6.45) is 4.01. The molecular weight excluding hydrogens is 692 g/mol. The number of nitrogens with one attached hydrogen (secondary N) is 1. The van der Waals surface area contributed by atoms with E-state index < -0.39 is 12.1 Å². The number of benzene rings is 4. The molecule has 52 heavy (non-hydrogen) atoms. The number of hydrogen-bond donors (Lipinski definition) is 1. The van der Waals surface area contributed by atoms with E-state index >= 15 is 0 Å². The lowest BCUT2D eigenvalue weighted by molar-refractivity contribution is -0.137. The van der Waals surface area contributed by atoms with E-state index in [-0.39, 0.29) is 18.4 Å². The minimum atomic E-state index is -0.646. The van der Waals surface area contributed by atoms with Crippen molar-refractivity contribution in [2.24, 2.45) is 5.92 Å². The number of amides is 2. The Kier molecular flexibility index (Phi) is 13.5. The van der Waals surface area contributed by atoms with E-state index in [9.17, 15) is 9.59 Å². The summed E-state index contributed by atoms with van der Waals surface area (Å²) < 4.78 is 11.3. The van der Waals surface area contributed by atoms with E-state index in [0.29, 0.717) is 13.1 Å². The highest BCUT2D eigenvalue weighted by molar-refractivity contribution is 7.98. The van der Waals surface area contributed by atoms with Gasteiger partial charge in [0.2, 0.25) is 5.91 Å². The molecule has 1 N–H and O–H groups in total. The number of likely N-dealkylation sites (tertiary alicyclic amines) is 1. The minimum absolute atomic E-state index is 0.00909. The Hall–Kier alpha value is -4.02. The van der Waals surface area contributed by atoms with Crippen molar-refractivity contribution in [3.63, 3.8) is 0 Å². The van der Waals surface area contributed by atoms with Crippen molar-refractivity contribution >= 4 is 35.4 Å². The molecule has 8 nitrogen and oxygen atoms in total. The quantitative estimate of drug-likeness (QED) is 0.141. The van der Waals surface area contributed by atoms with Crippen molar-refractivity contribution in [3.05, 3.63) is 119 Å². The minimum Gasteiger partial charge on any atom is -0.496 e. The van der Waals surface area contributed by atoms with Crippen molar-refractivity contribution in [2.75, 3.05) is 59.2 Å². The largest absolute Gasteiger partial charge is 0.496 e. The summed E-state index contributed by atoms with van der Waals surface area (Å²) in [4.78, 5) is 35.4. The number of piperidine rings is 1. The van der Waals surface area contributed by atoms with Gasteiger partial charge in [0.25, 0.3) is 0 Å². The number of nitrogens with zero attached hydrogens (tertiary/aromatic N) is 3. The topological polar surface area (TPSA) is 74.3 Å². The first-order chi connectivity index (χ1) is 25.4. The highest BCUT2D eigenvalue weighted by Gasteiger charge is 2.37. The van der Waals surface area contributed by atoms with Gasteiger partial charge >= 0.3 is 6.09 Å². The number of alkyl carbamates (subject to hydrolysis) is 1. The zero-order chi connectivity index (χ0) is 36.3. The van der Waals surface area contributed by atoms with Crippen molar-refractivity contribution in [2.45, 2.75) is 43.4 Å². The maximum atomic E-state index is 14.3. The molecule has 0 spiro atoms. The molecule has 2 saturated heterocycles. The molecule has 0 unspecified atom stereocenters. The average Bonchev–Trinajstić information content (AvgIpc) is 3.19. The van der Waals surface area contributed by atoms with E-state index in [1.807, 2.05) is 59.5 Å². The molecule has 2 fully saturated rings. The van der Waals surface area contributed by atoms with Crippen LogP contribution in [0.1, 0.15) is 29.5 Å². The smallest absolute Gasteiger partial charge is 0.408 e. The van der Waals surface area contributed by atoms with Gasteiger partial charge in [-0.1, -0.05) is 84.4 Å². The number of carbonyl (C=O) groups excluding carboxylic acids is 2. The maximum absolute atomic E-state index is 14.3. The first kappa shape index (κ1) is 37.7. The fourth-order valence-corrected chi connectivity index (χ4v) is 8.18. The van der Waals surface area contributed by atoms with Gasteiger partial charge in [-0.05, 0) is 91.0 Å². The third-order valence-corrected chi connectivity index (χ3v) is 11.4. The Morgan fingerprint density at radius 1 is 0.865 bits per heavy atom. The Morgan fingerprint density at radius 2 is 1.58 bits per heavy atom. The number of ether oxygens (including phenoxy) is 2. The predicted octanol–water partition coefficient (Wildman–Crippen LogP) is 7.63. The molecule has 0 radical (unpaired) electrons. The Labute approximate surface area is 317 Å². The SMILES string of the molecule is COc1cccc(SC)c1CN1CCN(C(=O)[C@H](NC(=O)OCc2ccccc2)C2CCN(CCc3cc(Cl)ccc3-c3ccccc3)CC2)CC1. The third-order valence-electron chi connectivity index (χ3n) is 10.3. The van der Waals surface area contributed by atoms with Gasteiger partial charge in [0.15, 0.2) is 0 Å². The molecule has 4 aromatic carbocycles. The van der Waals surface area contributed by atoms with E-state index in [1.165, 1.54) is 27.1 Å². The van der Waals surface area contributed by atoms with Crippen LogP contribution in [0.4, 0.5) is 4.79 Å². The predicted molar refractivity (Wildman–Crippen MR) is 210 cm³/mol. The molecule has 10 heteroatoms. The van der Waals surface area contributed by atoms with Crippen LogP contribution in [0.25, 0.3) is 11.1 Å². The van der Waals surface area contributed by atoms with Gasteiger partial charge in [0.1, 0.15) is 18.4 Å². The monoisotopic (exact) mass is 740 g/mol. The van der Waals surface area contributed by atoms with Crippen molar-refractivity contribution in [1.29, 1.82) is 0 Å². The van der Waals surface area contributed by atoms with E-state index in [1.54, 1.807) is 18.9 Å². The van der Waals surface area contributed by atoms with Crippen LogP contribution in [-0.4, -0.2) is 91.9 Å². The molecule has 2 amide bonds. The van der Waals surface area contributed by atoms with E-state index in [4.69, 9.17) is 21.1 Å². The molecule has 2 heterocycles. The summed E-state index contributed by atoms with van der Waals surface area (Å²) in [5.41, 5.74) is 5.70. The Balaban J connectivity index is 1.08. The van der Waals surface area contributed by atoms with Crippen LogP contribution < -0.4 is 10.1 Å². The first-order valence-electron chi connectivity index (χ1n) is 18.2. The summed E-state index contributed by atoms with van der Waals surface area (Å²) in [7, 11) is 1.71. The fourth-order valence-electron chi connectivity index (χ4n) is 7.36. The van der Waals surface area contributed by atoms with Crippen LogP contribution in [0.5, 0.6) is 5.75 Å². The molecule has 1 atom stereocenters. The van der Waals surface area contributed by atoms with Crippen molar-refractivity contribution in [3.8, 4) is 16.9 Å². The molecule has 4 aromatic rings. The van der Waals surface area contributed by atoms with Gasteiger partial charge in [0.05, 0.1) is 7.11 Å². The molecule has 0 saturated carbocycles. The Morgan fingerprint density at radius 3 is 2.27 bits per heavy atom. The molecule has 0 aliphatic carbocycles. The molecule has 0 bridgehead atoms. The normalized spacial score (nSPS) is 16.3. The second-order valence-electron chi connectivity index (χ2n) is 13.5. The van der Waals surface area contributed by atoms with Crippen molar-refractivity contribution in [1.82, 2.24) is 20.0 Å². The highest BCUT2D eigenvalue weighted by Crippen LogP contribution is 2.31. The zero-order valence-electron chi connectivity index (χ0n) is 30.1. The second kappa shape index (κ2) is 18.6. The number of rotatable bonds is 13. The summed E-state index contributed by atoms with van der Waals surface area (Å²) in [6.45, 7) is 6.19. The van der Waals surface area contributed by atoms with Crippen LogP contribution in [0.15, 0.2) is 102 Å². The standard InChI is InChI=1S/C42H49ClN4O4S/c1-50-38-14-9-15-39(52-2)37(38)29-46-24-26-47(27-25-46)41(48)40(44-42(49)51-30-31-10-5-3-6-11-31)33-18-21-45(22-19-33)23-20-34-28-35(43)16-17-36(34)32-12-7-4-8-13-32/h3-17,28,33,40H,18-27,29-30H2,1-2H3,(H,44,49)/t40-/m1/s1. The lowest BCUT2D eigenvalue weighted by Gasteiger charge is -2.40. The third kappa shape index (κ3) is 9.89. The number of piperazine rings is 1. The molecule has 0 aromatic heterocycles. The number of carbonyl (C=O) groups is 2.